The summed E-state index contributed by atoms with van der Waals surface area (Å²) >= 11 is 0. The molecule has 0 spiro atoms. The van der Waals surface area contributed by atoms with Crippen LogP contribution >= 0.6 is 0 Å². The molecule has 108 valence electrons. The summed E-state index contributed by atoms with van der Waals surface area (Å²) in [6.07, 6.45) is 7.26. The third-order valence-corrected chi connectivity index (χ3v) is 3.27. The molecule has 0 aliphatic heterocycles. The molecule has 0 fully saturated rings. The van der Waals surface area contributed by atoms with Crippen LogP contribution in [-0.4, -0.2) is 33.2 Å². The highest BCUT2D eigenvalue weighted by Crippen LogP contribution is 2.17. The van der Waals surface area contributed by atoms with Gasteiger partial charge >= 0.3 is 0 Å². The van der Waals surface area contributed by atoms with Crippen molar-refractivity contribution in [1.82, 2.24) is 14.9 Å². The number of hydrogen-bond acceptors (Lipinski definition) is 3. The minimum absolute atomic E-state index is 0.0214. The van der Waals surface area contributed by atoms with Crippen molar-refractivity contribution in [2.75, 3.05) is 6.54 Å². The number of imidazole rings is 1. The molecule has 19 heavy (non-hydrogen) atoms. The van der Waals surface area contributed by atoms with E-state index in [1.807, 2.05) is 24.6 Å². The first-order valence-corrected chi connectivity index (χ1v) is 6.96. The van der Waals surface area contributed by atoms with Crippen molar-refractivity contribution in [2.45, 2.75) is 52.2 Å². The van der Waals surface area contributed by atoms with Gasteiger partial charge in [0.15, 0.2) is 0 Å². The lowest BCUT2D eigenvalue weighted by molar-refractivity contribution is -0.122. The molecule has 0 aromatic carbocycles. The van der Waals surface area contributed by atoms with E-state index in [2.05, 4.69) is 17.2 Å². The number of aliphatic hydroxyl groups excluding tert-OH is 1. The van der Waals surface area contributed by atoms with Gasteiger partial charge in [0.1, 0.15) is 0 Å². The number of aromatic nitrogens is 2. The lowest BCUT2D eigenvalue weighted by Crippen LogP contribution is -2.35. The SMILES string of the molecule is CCCC(CC(=O)NCC(O)C(C)C)n1ccnc1. The Balaban J connectivity index is 2.44. The van der Waals surface area contributed by atoms with E-state index in [1.165, 1.54) is 0 Å². The molecule has 1 aromatic rings. The third-order valence-electron chi connectivity index (χ3n) is 3.27. The topological polar surface area (TPSA) is 67.2 Å². The van der Waals surface area contributed by atoms with Gasteiger partial charge in [-0.2, -0.15) is 0 Å². The Labute approximate surface area is 115 Å². The van der Waals surface area contributed by atoms with Gasteiger partial charge in [-0.15, -0.1) is 0 Å². The molecule has 1 heterocycles. The number of aliphatic hydroxyl groups is 1. The minimum atomic E-state index is -0.484. The molecule has 1 aromatic heterocycles. The molecule has 5 nitrogen and oxygen atoms in total. The Morgan fingerprint density at radius 2 is 2.21 bits per heavy atom. The second-order valence-electron chi connectivity index (χ2n) is 5.27. The zero-order chi connectivity index (χ0) is 14.3. The molecule has 0 aliphatic carbocycles. The van der Waals surface area contributed by atoms with Crippen molar-refractivity contribution >= 4 is 5.91 Å². The highest BCUT2D eigenvalue weighted by molar-refractivity contribution is 5.76. The van der Waals surface area contributed by atoms with E-state index in [0.29, 0.717) is 13.0 Å². The molecule has 1 amide bonds. The summed E-state index contributed by atoms with van der Waals surface area (Å²) in [6, 6.07) is 0.142. The van der Waals surface area contributed by atoms with Crippen LogP contribution in [0.25, 0.3) is 0 Å². The van der Waals surface area contributed by atoms with Gasteiger partial charge in [0.05, 0.1) is 12.4 Å². The first-order valence-electron chi connectivity index (χ1n) is 6.96. The molecular formula is C14H25N3O2. The van der Waals surface area contributed by atoms with E-state index in [1.54, 1.807) is 12.5 Å². The standard InChI is InChI=1S/C14H25N3O2/c1-4-5-12(17-7-6-15-10-17)8-14(19)16-9-13(18)11(2)3/h6-7,10-13,18H,4-5,8-9H2,1-3H3,(H,16,19). The fourth-order valence-electron chi connectivity index (χ4n) is 1.92. The van der Waals surface area contributed by atoms with E-state index in [9.17, 15) is 9.90 Å². The Morgan fingerprint density at radius 3 is 2.74 bits per heavy atom. The first-order chi connectivity index (χ1) is 9.04. The van der Waals surface area contributed by atoms with E-state index in [4.69, 9.17) is 0 Å². The van der Waals surface area contributed by atoms with Gasteiger partial charge in [0, 0.05) is 31.4 Å². The Morgan fingerprint density at radius 1 is 1.47 bits per heavy atom. The average molecular weight is 267 g/mol. The van der Waals surface area contributed by atoms with Crippen molar-refractivity contribution in [3.8, 4) is 0 Å². The van der Waals surface area contributed by atoms with E-state index < -0.39 is 6.10 Å². The highest BCUT2D eigenvalue weighted by atomic mass is 16.3. The van der Waals surface area contributed by atoms with Gasteiger partial charge in [0.25, 0.3) is 0 Å². The molecule has 0 aliphatic rings. The van der Waals surface area contributed by atoms with Crippen LogP contribution in [0.5, 0.6) is 0 Å². The summed E-state index contributed by atoms with van der Waals surface area (Å²) in [6.45, 7) is 6.29. The number of nitrogens with one attached hydrogen (secondary N) is 1. The zero-order valence-electron chi connectivity index (χ0n) is 12.0. The quantitative estimate of drug-likeness (QED) is 0.754. The fourth-order valence-corrected chi connectivity index (χ4v) is 1.92. The van der Waals surface area contributed by atoms with Crippen LogP contribution in [0.4, 0.5) is 0 Å². The van der Waals surface area contributed by atoms with Crippen LogP contribution in [0.15, 0.2) is 18.7 Å². The summed E-state index contributed by atoms with van der Waals surface area (Å²) in [5, 5.41) is 12.5. The third kappa shape index (κ3) is 5.42. The monoisotopic (exact) mass is 267 g/mol. The molecule has 0 saturated heterocycles. The molecule has 0 bridgehead atoms. The van der Waals surface area contributed by atoms with Crippen molar-refractivity contribution in [3.05, 3.63) is 18.7 Å². The summed E-state index contributed by atoms with van der Waals surface area (Å²) in [5.41, 5.74) is 0. The van der Waals surface area contributed by atoms with Gasteiger partial charge in [-0.05, 0) is 12.3 Å². The number of carbonyl (C=O) groups excluding carboxylic acids is 1. The maximum absolute atomic E-state index is 11.9. The Hall–Kier alpha value is -1.36. The van der Waals surface area contributed by atoms with Gasteiger partial charge in [-0.3, -0.25) is 4.79 Å². The molecule has 2 unspecified atom stereocenters. The van der Waals surface area contributed by atoms with Crippen LogP contribution in [0.2, 0.25) is 0 Å². The van der Waals surface area contributed by atoms with Crippen LogP contribution in [-0.2, 0) is 4.79 Å². The van der Waals surface area contributed by atoms with Gasteiger partial charge in [-0.1, -0.05) is 27.2 Å². The van der Waals surface area contributed by atoms with E-state index in [0.717, 1.165) is 12.8 Å². The van der Waals surface area contributed by atoms with Crippen LogP contribution in [0, 0.1) is 5.92 Å². The van der Waals surface area contributed by atoms with Gasteiger partial charge in [0.2, 0.25) is 5.91 Å². The maximum atomic E-state index is 11.9. The molecule has 2 N–H and O–H groups in total. The smallest absolute Gasteiger partial charge is 0.222 e. The van der Waals surface area contributed by atoms with Crippen molar-refractivity contribution in [3.63, 3.8) is 0 Å². The summed E-state index contributed by atoms with van der Waals surface area (Å²) in [4.78, 5) is 15.9. The average Bonchev–Trinajstić information content (AvgIpc) is 2.89. The maximum Gasteiger partial charge on any atom is 0.222 e. The number of rotatable bonds is 8. The molecular weight excluding hydrogens is 242 g/mol. The predicted octanol–water partition coefficient (Wildman–Crippen LogP) is 1.75. The lowest BCUT2D eigenvalue weighted by Gasteiger charge is -2.19. The number of nitrogens with zero attached hydrogens (tertiary/aromatic N) is 2. The number of amides is 1. The molecule has 2 atom stereocenters. The van der Waals surface area contributed by atoms with E-state index >= 15 is 0 Å². The fraction of sp³-hybridized carbons (Fsp3) is 0.714. The highest BCUT2D eigenvalue weighted by Gasteiger charge is 2.16. The van der Waals surface area contributed by atoms with Crippen molar-refractivity contribution in [1.29, 1.82) is 0 Å². The lowest BCUT2D eigenvalue weighted by atomic mass is 10.1. The molecule has 1 rings (SSSR count). The van der Waals surface area contributed by atoms with Crippen molar-refractivity contribution in [2.24, 2.45) is 5.92 Å². The first kappa shape index (κ1) is 15.7. The second kappa shape index (κ2) is 7.94. The van der Waals surface area contributed by atoms with Gasteiger partial charge < -0.3 is 15.0 Å². The molecule has 0 saturated carbocycles. The minimum Gasteiger partial charge on any atom is -0.391 e. The van der Waals surface area contributed by atoms with E-state index in [-0.39, 0.29) is 17.9 Å². The number of hydrogen-bond donors (Lipinski definition) is 2. The second-order valence-corrected chi connectivity index (χ2v) is 5.27. The molecule has 0 radical (unpaired) electrons. The summed E-state index contributed by atoms with van der Waals surface area (Å²) < 4.78 is 1.97. The Bertz CT molecular complexity index is 363. The van der Waals surface area contributed by atoms with Crippen LogP contribution in [0.1, 0.15) is 46.1 Å². The van der Waals surface area contributed by atoms with Crippen molar-refractivity contribution < 1.29 is 9.90 Å². The van der Waals surface area contributed by atoms with Crippen LogP contribution < -0.4 is 5.32 Å². The molecule has 5 heteroatoms. The zero-order valence-corrected chi connectivity index (χ0v) is 12.0. The Kier molecular flexibility index (Phi) is 6.56. The summed E-state index contributed by atoms with van der Waals surface area (Å²) in [7, 11) is 0. The number of carbonyl (C=O) groups is 1. The largest absolute Gasteiger partial charge is 0.391 e. The summed E-state index contributed by atoms with van der Waals surface area (Å²) in [5.74, 6) is 0.132. The normalized spacial score (nSPS) is 14.4. The van der Waals surface area contributed by atoms with Crippen LogP contribution in [0.3, 0.4) is 0 Å². The van der Waals surface area contributed by atoms with Gasteiger partial charge in [-0.25, -0.2) is 4.98 Å². The predicted molar refractivity (Wildman–Crippen MR) is 74.6 cm³/mol.